The van der Waals surface area contributed by atoms with E-state index in [2.05, 4.69) is 10.2 Å². The lowest BCUT2D eigenvalue weighted by Gasteiger charge is -2.62. The zero-order chi connectivity index (χ0) is 42.6. The summed E-state index contributed by atoms with van der Waals surface area (Å²) >= 11 is 0. The predicted molar refractivity (Wildman–Crippen MR) is 200 cm³/mol. The van der Waals surface area contributed by atoms with Crippen LogP contribution >= 0.6 is 0 Å². The van der Waals surface area contributed by atoms with E-state index < -0.39 is 93.5 Å². The Labute approximate surface area is 334 Å². The molecule has 58 heavy (non-hydrogen) atoms. The van der Waals surface area contributed by atoms with E-state index in [4.69, 9.17) is 18.9 Å². The van der Waals surface area contributed by atoms with E-state index in [0.29, 0.717) is 36.8 Å². The highest BCUT2D eigenvalue weighted by atomic mass is 19.1. The quantitative estimate of drug-likeness (QED) is 0.0579. The lowest BCUT2D eigenvalue weighted by molar-refractivity contribution is -0.757. The summed E-state index contributed by atoms with van der Waals surface area (Å²) in [6.07, 6.45) is 2.77. The number of esters is 2. The van der Waals surface area contributed by atoms with Gasteiger partial charge in [-0.3, -0.25) is 19.2 Å². The molecule has 4 aliphatic carbocycles. The third kappa shape index (κ3) is 8.22. The maximum atomic E-state index is 17.7. The summed E-state index contributed by atoms with van der Waals surface area (Å²) in [6.45, 7) is 6.92. The number of halogens is 1. The third-order valence-electron chi connectivity index (χ3n) is 12.7. The summed E-state index contributed by atoms with van der Waals surface area (Å²) < 4.78 is 39.6. The van der Waals surface area contributed by atoms with Crippen LogP contribution in [0.15, 0.2) is 48.1 Å². The van der Waals surface area contributed by atoms with Gasteiger partial charge in [-0.05, 0) is 81.2 Å². The van der Waals surface area contributed by atoms with Crippen LogP contribution in [0, 0.1) is 38.7 Å². The molecule has 5 rings (SSSR count). The molecule has 0 radical (unpaired) electrons. The second kappa shape index (κ2) is 17.3. The summed E-state index contributed by atoms with van der Waals surface area (Å²) in [4.78, 5) is 91.5. The van der Waals surface area contributed by atoms with E-state index in [1.54, 1.807) is 27.7 Å². The van der Waals surface area contributed by atoms with Gasteiger partial charge in [0.2, 0.25) is 11.7 Å². The van der Waals surface area contributed by atoms with Crippen molar-refractivity contribution in [2.75, 3.05) is 19.8 Å². The van der Waals surface area contributed by atoms with Crippen LogP contribution in [0.5, 0.6) is 5.75 Å². The van der Waals surface area contributed by atoms with Gasteiger partial charge in [-0.1, -0.05) is 44.6 Å². The Hall–Kier alpha value is -5.19. The Kier molecular flexibility index (Phi) is 13.1. The minimum atomic E-state index is -2.17. The topological polar surface area (TPSA) is 224 Å². The highest BCUT2D eigenvalue weighted by Gasteiger charge is 2.77. The molecule has 1 aromatic rings. The number of ketones is 2. The highest BCUT2D eigenvalue weighted by Crippen LogP contribution is 2.71. The number of hydrogen-bond acceptors (Lipinski definition) is 14. The number of rotatable bonds is 16. The van der Waals surface area contributed by atoms with Crippen molar-refractivity contribution in [2.45, 2.75) is 109 Å². The fourth-order valence-corrected chi connectivity index (χ4v) is 9.99. The molecule has 16 nitrogen and oxygen atoms in total. The number of alkyl halides is 1. The van der Waals surface area contributed by atoms with Crippen molar-refractivity contribution in [3.05, 3.63) is 63.7 Å². The maximum Gasteiger partial charge on any atom is 0.514 e. The van der Waals surface area contributed by atoms with Crippen molar-refractivity contribution in [1.82, 2.24) is 5.32 Å². The van der Waals surface area contributed by atoms with Crippen LogP contribution in [-0.2, 0) is 49.4 Å². The number of benzene rings is 1. The van der Waals surface area contributed by atoms with Crippen LogP contribution in [0.25, 0.3) is 0 Å². The number of hydrogen-bond donors (Lipinski definition) is 2. The molecule has 1 amide bonds. The minimum absolute atomic E-state index is 0.0190. The van der Waals surface area contributed by atoms with Crippen LogP contribution in [0.4, 0.5) is 9.18 Å². The van der Waals surface area contributed by atoms with Crippen LogP contribution in [0.2, 0.25) is 0 Å². The molecule has 9 atom stereocenters. The second-order valence-electron chi connectivity index (χ2n) is 16.1. The number of nitrogens with zero attached hydrogens (tertiary/aromatic N) is 1. The molecular weight excluding hydrogens is 763 g/mol. The fraction of sp³-hybridized carbons (Fsp3) is 0.610. The average Bonchev–Trinajstić information content (AvgIpc) is 3.38. The van der Waals surface area contributed by atoms with E-state index in [-0.39, 0.29) is 50.4 Å². The summed E-state index contributed by atoms with van der Waals surface area (Å²) in [5.74, 6) is -4.74. The molecular formula is C41H51FN2O14. The molecule has 0 bridgehead atoms. The SMILES string of the molecule is CCC(=O)O[C@@]1(C(=O)COC(=O)Oc2ccc(C[C@H](NC(C)=O)C(=O)OCCCCO[N+](=O)[O-])cc2)[C@@H](C)C[C@H]2[C@@H]3CCC4=CC(=O)C=C[C@]4(C)[C@@]3(F)[C@@H](O)C[C@@]21C. The normalized spacial score (nSPS) is 31.3. The van der Waals surface area contributed by atoms with Gasteiger partial charge in [0, 0.05) is 42.4 Å². The first-order valence-electron chi connectivity index (χ1n) is 19.5. The van der Waals surface area contributed by atoms with Gasteiger partial charge in [0.05, 0.1) is 19.3 Å². The van der Waals surface area contributed by atoms with Gasteiger partial charge in [-0.25, -0.2) is 14.0 Å². The van der Waals surface area contributed by atoms with Gasteiger partial charge in [0.1, 0.15) is 11.8 Å². The fourth-order valence-electron chi connectivity index (χ4n) is 9.99. The summed E-state index contributed by atoms with van der Waals surface area (Å²) in [6, 6.07) is 4.84. The average molecular weight is 815 g/mol. The summed E-state index contributed by atoms with van der Waals surface area (Å²) in [5, 5.41) is 23.6. The first kappa shape index (κ1) is 43.9. The molecule has 1 aromatic carbocycles. The lowest BCUT2D eigenvalue weighted by atomic mass is 9.44. The van der Waals surface area contributed by atoms with Crippen molar-refractivity contribution in [3.63, 3.8) is 0 Å². The van der Waals surface area contributed by atoms with Gasteiger partial charge in [-0.15, -0.1) is 10.1 Å². The monoisotopic (exact) mass is 814 g/mol. The standard InChI is InChI=1S/C41H51FN2O14/c1-6-35(49)58-41(24(2)19-31-30-14-11-27-21-28(46)15-16-38(27,4)40(30,42)33(47)22-39(31,41)5)34(48)23-55-37(51)57-29-12-9-26(10-13-29)20-32(43-25(3)45)36(50)54-17-7-8-18-56-44(52)53/h9-10,12-13,15-16,21,24,30-33,47H,6-8,11,14,17-20,22-23H2,1-5H3,(H,43,45)/t24-,30-,31-,32-,33-,38-,39-,40-,41+/m0/s1. The Balaban J connectivity index is 1.25. The number of ether oxygens (including phenoxy) is 4. The number of nitrogens with one attached hydrogen (secondary N) is 1. The Bertz CT molecular complexity index is 1870. The molecule has 2 N–H and O–H groups in total. The van der Waals surface area contributed by atoms with Gasteiger partial charge in [0.25, 0.3) is 5.09 Å². The van der Waals surface area contributed by atoms with E-state index in [1.807, 2.05) is 0 Å². The zero-order valence-electron chi connectivity index (χ0n) is 33.3. The van der Waals surface area contributed by atoms with Gasteiger partial charge in [-0.2, -0.15) is 0 Å². The van der Waals surface area contributed by atoms with Gasteiger partial charge < -0.3 is 34.2 Å². The first-order valence-corrected chi connectivity index (χ1v) is 19.5. The Morgan fingerprint density at radius 1 is 1.07 bits per heavy atom. The van der Waals surface area contributed by atoms with Crippen LogP contribution in [0.1, 0.15) is 85.1 Å². The van der Waals surface area contributed by atoms with Gasteiger partial charge in [0.15, 0.2) is 23.7 Å². The van der Waals surface area contributed by atoms with E-state index >= 15 is 4.39 Å². The van der Waals surface area contributed by atoms with Crippen molar-refractivity contribution in [2.24, 2.45) is 28.6 Å². The number of amides is 1. The predicted octanol–water partition coefficient (Wildman–Crippen LogP) is 4.66. The Morgan fingerprint density at radius 3 is 2.41 bits per heavy atom. The molecule has 0 heterocycles. The molecule has 3 saturated carbocycles. The van der Waals surface area contributed by atoms with E-state index in [9.17, 15) is 44.0 Å². The van der Waals surface area contributed by atoms with Crippen molar-refractivity contribution >= 4 is 35.6 Å². The number of unbranched alkanes of at least 4 members (excludes halogenated alkanes) is 1. The van der Waals surface area contributed by atoms with Crippen LogP contribution < -0.4 is 10.1 Å². The molecule has 0 aromatic heterocycles. The maximum absolute atomic E-state index is 17.7. The molecule has 4 aliphatic rings. The largest absolute Gasteiger partial charge is 0.514 e. The summed E-state index contributed by atoms with van der Waals surface area (Å²) in [7, 11) is 0. The molecule has 0 saturated heterocycles. The number of aliphatic hydroxyl groups is 1. The molecule has 0 aliphatic heterocycles. The van der Waals surface area contributed by atoms with Crippen molar-refractivity contribution < 1.29 is 67.1 Å². The van der Waals surface area contributed by atoms with E-state index in [0.717, 1.165) is 0 Å². The van der Waals surface area contributed by atoms with Gasteiger partial charge >= 0.3 is 18.1 Å². The molecule has 0 spiro atoms. The number of aliphatic hydroxyl groups excluding tert-OH is 1. The highest BCUT2D eigenvalue weighted by molar-refractivity contribution is 6.01. The summed E-state index contributed by atoms with van der Waals surface area (Å²) in [5.41, 5.74) is -5.39. The van der Waals surface area contributed by atoms with Crippen molar-refractivity contribution in [1.29, 1.82) is 0 Å². The van der Waals surface area contributed by atoms with E-state index in [1.165, 1.54) is 49.4 Å². The lowest BCUT2D eigenvalue weighted by Crippen LogP contribution is -2.70. The van der Waals surface area contributed by atoms with Crippen molar-refractivity contribution in [3.8, 4) is 5.75 Å². The second-order valence-corrected chi connectivity index (χ2v) is 16.1. The number of Topliss-reactive ketones (excluding diaryl/α,β-unsaturated/α-hetero) is 1. The molecule has 0 unspecified atom stereocenters. The number of carbonyl (C=O) groups is 6. The minimum Gasteiger partial charge on any atom is -0.464 e. The molecule has 3 fully saturated rings. The zero-order valence-corrected chi connectivity index (χ0v) is 33.3. The number of fused-ring (bicyclic) bond motifs is 5. The number of allylic oxidation sites excluding steroid dienone is 4. The molecule has 17 heteroatoms. The van der Waals surface area contributed by atoms with Crippen LogP contribution in [-0.4, -0.2) is 89.0 Å². The first-order chi connectivity index (χ1) is 27.3. The Morgan fingerprint density at radius 2 is 1.76 bits per heavy atom. The molecule has 316 valence electrons. The number of carbonyl (C=O) groups excluding carboxylic acids is 6. The van der Waals surface area contributed by atoms with Crippen LogP contribution in [0.3, 0.4) is 0 Å². The third-order valence-corrected chi connectivity index (χ3v) is 12.7. The smallest absolute Gasteiger partial charge is 0.464 e.